The summed E-state index contributed by atoms with van der Waals surface area (Å²) in [5.74, 6) is 1.44. The van der Waals surface area contributed by atoms with Gasteiger partial charge in [-0.3, -0.25) is 4.90 Å². The monoisotopic (exact) mass is 609 g/mol. The summed E-state index contributed by atoms with van der Waals surface area (Å²) in [5, 5.41) is 3.22. The van der Waals surface area contributed by atoms with Gasteiger partial charge in [0.05, 0.1) is 60.7 Å². The molecule has 0 unspecified atom stereocenters. The molecule has 0 bridgehead atoms. The largest absolute Gasteiger partial charge is 0.474 e. The number of anilines is 1. The maximum Gasteiger partial charge on any atom is 0.337 e. The van der Waals surface area contributed by atoms with Crippen LogP contribution >= 0.6 is 11.6 Å². The van der Waals surface area contributed by atoms with E-state index in [1.165, 1.54) is 13.2 Å². The first-order valence-electron chi connectivity index (χ1n) is 14.3. The van der Waals surface area contributed by atoms with Gasteiger partial charge in [-0.2, -0.15) is 4.98 Å². The van der Waals surface area contributed by atoms with E-state index >= 15 is 0 Å². The van der Waals surface area contributed by atoms with Crippen molar-refractivity contribution in [1.29, 1.82) is 0 Å². The Balaban J connectivity index is 1.10. The normalized spacial score (nSPS) is 20.5. The van der Waals surface area contributed by atoms with E-state index in [-0.39, 0.29) is 35.8 Å². The second-order valence-electron chi connectivity index (χ2n) is 10.8. The van der Waals surface area contributed by atoms with E-state index in [1.807, 2.05) is 12.1 Å². The highest BCUT2D eigenvalue weighted by molar-refractivity contribution is 6.32. The number of nitrogens with zero attached hydrogens (tertiary/aromatic N) is 6. The van der Waals surface area contributed by atoms with E-state index in [1.54, 1.807) is 18.3 Å². The van der Waals surface area contributed by atoms with Crippen molar-refractivity contribution in [2.24, 2.45) is 0 Å². The van der Waals surface area contributed by atoms with E-state index in [2.05, 4.69) is 36.7 Å². The maximum atomic E-state index is 13.3. The van der Waals surface area contributed by atoms with Crippen LogP contribution in [-0.4, -0.2) is 73.9 Å². The van der Waals surface area contributed by atoms with Gasteiger partial charge in [0.1, 0.15) is 23.6 Å². The first-order valence-corrected chi connectivity index (χ1v) is 14.7. The van der Waals surface area contributed by atoms with Gasteiger partial charge in [0.15, 0.2) is 5.82 Å². The van der Waals surface area contributed by atoms with Gasteiger partial charge in [-0.15, -0.1) is 0 Å². The zero-order chi connectivity index (χ0) is 29.9. The predicted octanol–water partition coefficient (Wildman–Crippen LogP) is 4.63. The van der Waals surface area contributed by atoms with Gasteiger partial charge >= 0.3 is 5.97 Å². The molecule has 6 rings (SSSR count). The number of carbonyl (C=O) groups is 1. The molecule has 0 radical (unpaired) electrons. The summed E-state index contributed by atoms with van der Waals surface area (Å²) in [6.45, 7) is 5.43. The number of hydrogen-bond acceptors (Lipinski definition) is 10. The van der Waals surface area contributed by atoms with E-state index in [0.717, 1.165) is 55.5 Å². The summed E-state index contributed by atoms with van der Waals surface area (Å²) in [7, 11) is 1.39. The summed E-state index contributed by atoms with van der Waals surface area (Å²) in [4.78, 5) is 32.3. The Morgan fingerprint density at radius 1 is 1.21 bits per heavy atom. The van der Waals surface area contributed by atoms with Crippen molar-refractivity contribution in [1.82, 2.24) is 29.4 Å². The molecule has 11 nitrogen and oxygen atoms in total. The van der Waals surface area contributed by atoms with Crippen molar-refractivity contribution in [3.05, 3.63) is 70.8 Å². The molecule has 2 saturated heterocycles. The Kier molecular flexibility index (Phi) is 8.68. The Labute approximate surface area is 253 Å². The number of imidazole rings is 1. The number of piperidine rings is 1. The van der Waals surface area contributed by atoms with E-state index < -0.39 is 5.82 Å². The lowest BCUT2D eigenvalue weighted by Crippen LogP contribution is -2.44. The number of methoxy groups -OCH3 is 1. The van der Waals surface area contributed by atoms with E-state index in [9.17, 15) is 9.18 Å². The molecule has 43 heavy (non-hydrogen) atoms. The Bertz CT molecular complexity index is 1610. The summed E-state index contributed by atoms with van der Waals surface area (Å²) in [6.07, 6.45) is 5.56. The fourth-order valence-electron chi connectivity index (χ4n) is 5.48. The molecule has 5 heterocycles. The summed E-state index contributed by atoms with van der Waals surface area (Å²) < 4.78 is 32.4. The van der Waals surface area contributed by atoms with Gasteiger partial charge in [-0.25, -0.2) is 24.1 Å². The molecule has 2 aliphatic rings. The van der Waals surface area contributed by atoms with E-state index in [4.69, 9.17) is 30.8 Å². The van der Waals surface area contributed by atoms with Gasteiger partial charge in [-0.05, 0) is 50.5 Å². The molecular formula is C30H33ClFN7O4. The Morgan fingerprint density at radius 2 is 2.07 bits per heavy atom. The molecule has 226 valence electrons. The predicted molar refractivity (Wildman–Crippen MR) is 158 cm³/mol. The minimum Gasteiger partial charge on any atom is -0.474 e. The number of likely N-dealkylation sites (tertiary alicyclic amines) is 1. The first-order chi connectivity index (χ1) is 20.9. The van der Waals surface area contributed by atoms with E-state index in [0.29, 0.717) is 36.2 Å². The standard InChI is InChI=1S/C30H33ClFN7O4/c1-18-11-21(43-28-5-8-33-26(37-28)15-35-29-23(31)13-20(32)14-34-29)6-9-38(18)17-27-36-24-4-3-19(30(40)41-2)12-25(24)39(27)16-22-7-10-42-22/h3-5,8,12-14,18,21-22H,6-7,9-11,15-17H2,1-2H3,(H,34,35)/t18-,21-,22-/m0/s1. The second-order valence-corrected chi connectivity index (χ2v) is 11.3. The third-order valence-corrected chi connectivity index (χ3v) is 8.22. The number of fused-ring (bicyclic) bond motifs is 1. The highest BCUT2D eigenvalue weighted by Gasteiger charge is 2.29. The van der Waals surface area contributed by atoms with Crippen LogP contribution in [0.4, 0.5) is 10.2 Å². The molecule has 2 fully saturated rings. The molecule has 0 amide bonds. The van der Waals surface area contributed by atoms with Gasteiger partial charge < -0.3 is 24.1 Å². The highest BCUT2D eigenvalue weighted by atomic mass is 35.5. The summed E-state index contributed by atoms with van der Waals surface area (Å²) >= 11 is 6.05. The molecule has 1 N–H and O–H groups in total. The van der Waals surface area contributed by atoms with Gasteiger partial charge in [0.2, 0.25) is 5.88 Å². The van der Waals surface area contributed by atoms with Crippen LogP contribution in [0.1, 0.15) is 48.2 Å². The number of esters is 1. The average Bonchev–Trinajstić information content (AvgIpc) is 3.31. The zero-order valence-corrected chi connectivity index (χ0v) is 24.8. The van der Waals surface area contributed by atoms with Crippen molar-refractivity contribution >= 4 is 34.4 Å². The third-order valence-electron chi connectivity index (χ3n) is 7.93. The molecular weight excluding hydrogens is 577 g/mol. The third kappa shape index (κ3) is 6.71. The van der Waals surface area contributed by atoms with Crippen LogP contribution in [0.2, 0.25) is 5.02 Å². The topological polar surface area (TPSA) is 117 Å². The Hall–Kier alpha value is -3.87. The second kappa shape index (κ2) is 12.8. The van der Waals surface area contributed by atoms with Gasteiger partial charge in [0, 0.05) is 31.5 Å². The van der Waals surface area contributed by atoms with Gasteiger partial charge in [0.25, 0.3) is 0 Å². The van der Waals surface area contributed by atoms with Crippen molar-refractivity contribution < 1.29 is 23.4 Å². The fourth-order valence-corrected chi connectivity index (χ4v) is 5.70. The number of carbonyl (C=O) groups excluding carboxylic acids is 1. The van der Waals surface area contributed by atoms with Crippen LogP contribution in [0.5, 0.6) is 5.88 Å². The van der Waals surface area contributed by atoms with Crippen LogP contribution in [0, 0.1) is 5.82 Å². The number of nitrogens with one attached hydrogen (secondary N) is 1. The van der Waals surface area contributed by atoms with Crippen LogP contribution in [0.15, 0.2) is 42.7 Å². The van der Waals surface area contributed by atoms with Crippen molar-refractivity contribution in [2.75, 3.05) is 25.6 Å². The lowest BCUT2D eigenvalue weighted by molar-refractivity contribution is -0.0593. The average molecular weight is 610 g/mol. The molecule has 13 heteroatoms. The van der Waals surface area contributed by atoms with Crippen LogP contribution in [0.3, 0.4) is 0 Å². The number of pyridine rings is 1. The van der Waals surface area contributed by atoms with Crippen LogP contribution in [0.25, 0.3) is 11.0 Å². The van der Waals surface area contributed by atoms with Crippen molar-refractivity contribution in [3.8, 4) is 5.88 Å². The molecule has 4 aromatic rings. The number of halogens is 2. The van der Waals surface area contributed by atoms with Crippen molar-refractivity contribution in [3.63, 3.8) is 0 Å². The minimum absolute atomic E-state index is 0.0000215. The van der Waals surface area contributed by atoms with Gasteiger partial charge in [-0.1, -0.05) is 11.6 Å². The molecule has 0 spiro atoms. The Morgan fingerprint density at radius 3 is 2.81 bits per heavy atom. The van der Waals surface area contributed by atoms with Crippen LogP contribution < -0.4 is 10.1 Å². The SMILES string of the molecule is COC(=O)c1ccc2nc(CN3CC[C@H](Oc4ccnc(CNc5ncc(F)cc5Cl)n4)C[C@@H]3C)n(C[C@@H]3CCO3)c2c1. The zero-order valence-electron chi connectivity index (χ0n) is 24.0. The minimum atomic E-state index is -0.501. The molecule has 0 aliphatic carbocycles. The molecule has 2 aliphatic heterocycles. The lowest BCUT2D eigenvalue weighted by atomic mass is 10.0. The van der Waals surface area contributed by atoms with Crippen molar-refractivity contribution in [2.45, 2.75) is 64.1 Å². The fraction of sp³-hybridized carbons (Fsp3) is 0.433. The number of ether oxygens (including phenoxy) is 3. The quantitative estimate of drug-likeness (QED) is 0.255. The highest BCUT2D eigenvalue weighted by Crippen LogP contribution is 2.27. The summed E-state index contributed by atoms with van der Waals surface area (Å²) in [6, 6.07) is 8.68. The lowest BCUT2D eigenvalue weighted by Gasteiger charge is -2.37. The smallest absolute Gasteiger partial charge is 0.337 e. The summed E-state index contributed by atoms with van der Waals surface area (Å²) in [5.41, 5.74) is 2.26. The first kappa shape index (κ1) is 29.2. The number of hydrogen-bond donors (Lipinski definition) is 1. The molecule has 1 aromatic carbocycles. The van der Waals surface area contributed by atoms with Crippen LogP contribution in [-0.2, 0) is 29.1 Å². The number of aromatic nitrogens is 5. The number of benzene rings is 1. The number of rotatable bonds is 10. The molecule has 3 aromatic heterocycles. The molecule has 3 atom stereocenters. The molecule has 0 saturated carbocycles. The maximum absolute atomic E-state index is 13.3.